The van der Waals surface area contributed by atoms with E-state index < -0.39 is 37.4 Å². The number of aliphatic imine (C=N–C) groups is 1. The first-order chi connectivity index (χ1) is 20.5. The average Bonchev–Trinajstić information content (AvgIpc) is 3.72. The zero-order valence-electron chi connectivity index (χ0n) is 23.6. The van der Waals surface area contributed by atoms with Crippen LogP contribution in [0, 0.1) is 5.92 Å². The molecule has 0 spiro atoms. The number of halogens is 1. The predicted molar refractivity (Wildman–Crippen MR) is 159 cm³/mol. The predicted octanol–water partition coefficient (Wildman–Crippen LogP) is 3.34. The summed E-state index contributed by atoms with van der Waals surface area (Å²) in [7, 11) is -3.41. The average molecular weight is 636 g/mol. The molecule has 0 bridgehead atoms. The van der Waals surface area contributed by atoms with Crippen LogP contribution in [-0.4, -0.2) is 87.8 Å². The van der Waals surface area contributed by atoms with Crippen molar-refractivity contribution in [1.82, 2.24) is 20.4 Å². The SMILES string of the molecule is CNC(=O)N1CCC(C=NC(=O)[C@@H]2CC[C@@H]3CCCC[C@H](NC(=O)c4cc5cc(C(F)P(=O)(O)O)ccc5s4)C(=O)N32)C1. The maximum Gasteiger partial charge on any atom is 0.363 e. The van der Waals surface area contributed by atoms with Gasteiger partial charge in [-0.25, -0.2) is 14.2 Å². The van der Waals surface area contributed by atoms with Crippen LogP contribution in [0.5, 0.6) is 0 Å². The summed E-state index contributed by atoms with van der Waals surface area (Å²) in [5, 5.41) is 5.88. The number of thiophene rings is 1. The van der Waals surface area contributed by atoms with Crippen molar-refractivity contribution >= 4 is 59.0 Å². The molecular weight excluding hydrogens is 600 g/mol. The number of nitrogens with zero attached hydrogens (tertiary/aromatic N) is 3. The molecule has 3 aliphatic heterocycles. The van der Waals surface area contributed by atoms with E-state index in [2.05, 4.69) is 15.6 Å². The molecule has 12 nitrogen and oxygen atoms in total. The lowest BCUT2D eigenvalue weighted by molar-refractivity contribution is -0.141. The summed E-state index contributed by atoms with van der Waals surface area (Å²) < 4.78 is 26.2. The first kappa shape index (κ1) is 31.2. The molecule has 2 aromatic rings. The fourth-order valence-electron chi connectivity index (χ4n) is 6.17. The minimum Gasteiger partial charge on any atom is -0.341 e. The van der Waals surface area contributed by atoms with Crippen LogP contribution in [0.3, 0.4) is 0 Å². The number of carbonyl (C=O) groups is 4. The summed E-state index contributed by atoms with van der Waals surface area (Å²) in [6, 6.07) is 3.75. The number of hydrogen-bond acceptors (Lipinski definition) is 6. The number of benzene rings is 1. The van der Waals surface area contributed by atoms with E-state index in [1.54, 1.807) is 23.1 Å². The third kappa shape index (κ3) is 6.82. The molecule has 2 unspecified atom stereocenters. The second-order valence-electron chi connectivity index (χ2n) is 11.3. The Labute approximate surface area is 251 Å². The fraction of sp³-hybridized carbons (Fsp3) is 0.536. The Morgan fingerprint density at radius 3 is 2.65 bits per heavy atom. The molecule has 0 aliphatic carbocycles. The van der Waals surface area contributed by atoms with Crippen LogP contribution in [0.25, 0.3) is 10.1 Å². The summed E-state index contributed by atoms with van der Waals surface area (Å²) >= 11 is 1.12. The normalized spacial score (nSPS) is 25.4. The molecular formula is C28H35FN5O7PS. The first-order valence-corrected chi connectivity index (χ1v) is 16.9. The summed E-state index contributed by atoms with van der Waals surface area (Å²) in [5.41, 5.74) is -0.184. The van der Waals surface area contributed by atoms with Crippen LogP contribution < -0.4 is 10.6 Å². The van der Waals surface area contributed by atoms with Gasteiger partial charge in [-0.1, -0.05) is 18.9 Å². The second kappa shape index (κ2) is 12.8. The van der Waals surface area contributed by atoms with Gasteiger partial charge in [0.05, 0.1) is 4.88 Å². The number of urea groups is 1. The van der Waals surface area contributed by atoms with E-state index in [9.17, 15) is 37.9 Å². The summed E-state index contributed by atoms with van der Waals surface area (Å²) in [4.78, 5) is 78.3. The van der Waals surface area contributed by atoms with Crippen molar-refractivity contribution in [2.24, 2.45) is 10.9 Å². The minimum atomic E-state index is -4.98. The van der Waals surface area contributed by atoms with Crippen molar-refractivity contribution in [3.05, 3.63) is 34.7 Å². The van der Waals surface area contributed by atoms with Gasteiger partial charge in [-0.2, -0.15) is 0 Å². The second-order valence-corrected chi connectivity index (χ2v) is 14.0. The molecule has 0 saturated carbocycles. The van der Waals surface area contributed by atoms with E-state index in [1.807, 2.05) is 0 Å². The molecule has 43 heavy (non-hydrogen) atoms. The molecule has 5 amide bonds. The molecule has 3 aliphatic rings. The number of alkyl halides is 1. The molecule has 15 heteroatoms. The van der Waals surface area contributed by atoms with Crippen molar-refractivity contribution < 1.29 is 37.9 Å². The Morgan fingerprint density at radius 1 is 1.14 bits per heavy atom. The number of amides is 5. The molecule has 5 atom stereocenters. The zero-order chi connectivity index (χ0) is 30.9. The minimum absolute atomic E-state index is 0.0431. The van der Waals surface area contributed by atoms with Gasteiger partial charge in [-0.05, 0) is 61.3 Å². The standard InChI is InChI=1S/C28H35FN5O7PS/c1-30-28(38)33-11-10-16(15-33)14-31-25(35)21-8-7-19-4-2-3-5-20(27(37)34(19)21)32-26(36)23-13-18-12-17(6-9-22(18)43-23)24(29)42(39,40)41/h6,9,12-14,16,19-21,24H,2-5,7-8,10-11,15H2,1H3,(H,30,38)(H,32,36)(H2,39,40,41)/t16?,19-,20-,21-,24?/m0/s1. The fourth-order valence-corrected chi connectivity index (χ4v) is 7.67. The van der Waals surface area contributed by atoms with Gasteiger partial charge < -0.3 is 30.2 Å². The van der Waals surface area contributed by atoms with Crippen molar-refractivity contribution in [3.63, 3.8) is 0 Å². The highest BCUT2D eigenvalue weighted by atomic mass is 32.1. The van der Waals surface area contributed by atoms with Crippen molar-refractivity contribution in [3.8, 4) is 0 Å². The maximum absolute atomic E-state index is 14.2. The van der Waals surface area contributed by atoms with Crippen LogP contribution >= 0.6 is 18.9 Å². The Morgan fingerprint density at radius 2 is 1.91 bits per heavy atom. The number of nitrogens with one attached hydrogen (secondary N) is 2. The Hall–Kier alpha value is -3.19. The quantitative estimate of drug-likeness (QED) is 0.279. The molecule has 1 aromatic carbocycles. The maximum atomic E-state index is 14.2. The van der Waals surface area contributed by atoms with Gasteiger partial charge >= 0.3 is 13.6 Å². The number of hydrogen-bond donors (Lipinski definition) is 4. The Kier molecular flexibility index (Phi) is 9.31. The van der Waals surface area contributed by atoms with E-state index in [0.29, 0.717) is 48.9 Å². The van der Waals surface area contributed by atoms with E-state index >= 15 is 0 Å². The molecule has 3 saturated heterocycles. The van der Waals surface area contributed by atoms with Gasteiger partial charge in [0.1, 0.15) is 12.1 Å². The third-order valence-electron chi connectivity index (χ3n) is 8.40. The molecule has 1 aromatic heterocycles. The van der Waals surface area contributed by atoms with E-state index in [1.165, 1.54) is 24.3 Å². The molecule has 4 N–H and O–H groups in total. The third-order valence-corrected chi connectivity index (χ3v) is 10.4. The summed E-state index contributed by atoms with van der Waals surface area (Å²) in [5.74, 6) is -3.72. The number of fused-ring (bicyclic) bond motifs is 2. The molecule has 4 heterocycles. The summed E-state index contributed by atoms with van der Waals surface area (Å²) in [6.45, 7) is 1.05. The first-order valence-electron chi connectivity index (χ1n) is 14.4. The lowest BCUT2D eigenvalue weighted by Crippen LogP contribution is -2.54. The van der Waals surface area contributed by atoms with Crippen LogP contribution in [0.15, 0.2) is 29.3 Å². The van der Waals surface area contributed by atoms with Crippen LogP contribution in [-0.2, 0) is 14.2 Å². The topological polar surface area (TPSA) is 169 Å². The highest BCUT2D eigenvalue weighted by Gasteiger charge is 2.44. The van der Waals surface area contributed by atoms with Crippen molar-refractivity contribution in [2.45, 2.75) is 69.0 Å². The Bertz CT molecular complexity index is 1490. The largest absolute Gasteiger partial charge is 0.363 e. The lowest BCUT2D eigenvalue weighted by Gasteiger charge is -2.34. The molecule has 5 rings (SSSR count). The van der Waals surface area contributed by atoms with Gasteiger partial charge in [0.2, 0.25) is 11.8 Å². The lowest BCUT2D eigenvalue weighted by atomic mass is 9.99. The Balaban J connectivity index is 1.28. The molecule has 3 fully saturated rings. The molecule has 0 radical (unpaired) electrons. The molecule has 232 valence electrons. The number of likely N-dealkylation sites (tertiary alicyclic amines) is 1. The highest BCUT2D eigenvalue weighted by Crippen LogP contribution is 2.53. The van der Waals surface area contributed by atoms with Gasteiger partial charge in [0.15, 0.2) is 0 Å². The van der Waals surface area contributed by atoms with Crippen LogP contribution in [0.4, 0.5) is 9.18 Å². The zero-order valence-corrected chi connectivity index (χ0v) is 25.4. The van der Waals surface area contributed by atoms with Crippen molar-refractivity contribution in [2.75, 3.05) is 20.1 Å². The van der Waals surface area contributed by atoms with Gasteiger partial charge in [0.25, 0.3) is 11.8 Å². The van der Waals surface area contributed by atoms with Crippen LogP contribution in [0.2, 0.25) is 0 Å². The monoisotopic (exact) mass is 635 g/mol. The van der Waals surface area contributed by atoms with E-state index in [-0.39, 0.29) is 34.3 Å². The highest BCUT2D eigenvalue weighted by molar-refractivity contribution is 7.51. The van der Waals surface area contributed by atoms with Gasteiger partial charge in [0, 0.05) is 43.0 Å². The summed E-state index contributed by atoms with van der Waals surface area (Å²) in [6.07, 6.45) is 6.22. The van der Waals surface area contributed by atoms with E-state index in [4.69, 9.17) is 0 Å². The van der Waals surface area contributed by atoms with Gasteiger partial charge in [-0.3, -0.25) is 18.9 Å². The smallest absolute Gasteiger partial charge is 0.341 e. The number of rotatable bonds is 6. The van der Waals surface area contributed by atoms with Crippen molar-refractivity contribution in [1.29, 1.82) is 0 Å². The van der Waals surface area contributed by atoms with Gasteiger partial charge in [-0.15, -0.1) is 11.3 Å². The number of carbonyl (C=O) groups excluding carboxylic acids is 4. The van der Waals surface area contributed by atoms with E-state index in [0.717, 1.165) is 30.6 Å². The van der Waals surface area contributed by atoms with Crippen LogP contribution in [0.1, 0.15) is 66.1 Å².